The maximum absolute atomic E-state index is 13.2. The third-order valence-electron chi connectivity index (χ3n) is 3.29. The zero-order valence-electron chi connectivity index (χ0n) is 12.2. The van der Waals surface area contributed by atoms with Crippen LogP contribution < -0.4 is 16.0 Å². The lowest BCUT2D eigenvalue weighted by atomic mass is 9.99. The summed E-state index contributed by atoms with van der Waals surface area (Å²) >= 11 is 0. The first kappa shape index (κ1) is 15.5. The van der Waals surface area contributed by atoms with Crippen molar-refractivity contribution in [1.82, 2.24) is 5.43 Å². The molecule has 3 nitrogen and oxygen atoms in total. The lowest BCUT2D eigenvalue weighted by molar-refractivity contribution is 0.317. The molecule has 1 unspecified atom stereocenters. The quantitative estimate of drug-likeness (QED) is 0.606. The van der Waals surface area contributed by atoms with E-state index >= 15 is 0 Å². The summed E-state index contributed by atoms with van der Waals surface area (Å²) < 4.78 is 18.8. The Morgan fingerprint density at radius 2 is 1.95 bits per heavy atom. The average Bonchev–Trinajstić information content (AvgIpc) is 2.51. The monoisotopic (exact) mass is 288 g/mol. The molecule has 0 aromatic heterocycles. The molecule has 2 rings (SSSR count). The van der Waals surface area contributed by atoms with Crippen molar-refractivity contribution >= 4 is 0 Å². The molecule has 2 aromatic carbocycles. The first-order valence-corrected chi connectivity index (χ1v) is 7.16. The van der Waals surface area contributed by atoms with Gasteiger partial charge in [0.25, 0.3) is 0 Å². The Bertz CT molecular complexity index is 557. The van der Waals surface area contributed by atoms with E-state index < -0.39 is 0 Å². The third-order valence-corrected chi connectivity index (χ3v) is 3.29. The summed E-state index contributed by atoms with van der Waals surface area (Å²) in [6.45, 7) is 2.78. The largest absolute Gasteiger partial charge is 0.494 e. The first-order valence-electron chi connectivity index (χ1n) is 7.16. The number of hydrogen-bond acceptors (Lipinski definition) is 3. The summed E-state index contributed by atoms with van der Waals surface area (Å²) in [7, 11) is 0. The van der Waals surface area contributed by atoms with Gasteiger partial charge < -0.3 is 4.74 Å². The number of ether oxygens (including phenoxy) is 1. The molecule has 0 aliphatic rings. The van der Waals surface area contributed by atoms with E-state index in [1.807, 2.05) is 30.3 Å². The smallest absolute Gasteiger partial charge is 0.123 e. The molecular weight excluding hydrogens is 267 g/mol. The third kappa shape index (κ3) is 4.55. The molecule has 0 saturated heterocycles. The second-order valence-electron chi connectivity index (χ2n) is 4.97. The molecule has 1 atom stereocenters. The molecule has 0 saturated carbocycles. The van der Waals surface area contributed by atoms with Crippen LogP contribution in [0.25, 0.3) is 0 Å². The van der Waals surface area contributed by atoms with Gasteiger partial charge in [0, 0.05) is 6.04 Å². The van der Waals surface area contributed by atoms with Crippen molar-refractivity contribution in [2.75, 3.05) is 6.61 Å². The van der Waals surface area contributed by atoms with E-state index in [9.17, 15) is 4.39 Å². The number of rotatable bonds is 7. The van der Waals surface area contributed by atoms with Crippen LogP contribution in [0.3, 0.4) is 0 Å². The van der Waals surface area contributed by atoms with Crippen molar-refractivity contribution in [3.63, 3.8) is 0 Å². The Balaban J connectivity index is 2.06. The van der Waals surface area contributed by atoms with Gasteiger partial charge in [-0.2, -0.15) is 0 Å². The molecule has 3 N–H and O–H groups in total. The van der Waals surface area contributed by atoms with Crippen LogP contribution in [0.2, 0.25) is 0 Å². The van der Waals surface area contributed by atoms with Gasteiger partial charge in [-0.05, 0) is 48.2 Å². The minimum absolute atomic E-state index is 0.0629. The van der Waals surface area contributed by atoms with E-state index in [0.717, 1.165) is 23.3 Å². The highest BCUT2D eigenvalue weighted by Crippen LogP contribution is 2.21. The highest BCUT2D eigenvalue weighted by atomic mass is 19.1. The Hall–Kier alpha value is -1.91. The van der Waals surface area contributed by atoms with Gasteiger partial charge in [-0.25, -0.2) is 4.39 Å². The fraction of sp³-hybridized carbons (Fsp3) is 0.294. The van der Waals surface area contributed by atoms with Crippen LogP contribution in [0, 0.1) is 5.82 Å². The standard InChI is InChI=1S/C17H21FN2O/c1-2-10-21-16-8-6-14(7-9-16)17(20-19)12-13-4-3-5-15(18)11-13/h3-9,11,17,20H,2,10,12,19H2,1H3. The number of nitrogens with two attached hydrogens (primary N) is 1. The molecule has 112 valence electrons. The summed E-state index contributed by atoms with van der Waals surface area (Å²) in [4.78, 5) is 0. The second kappa shape index (κ2) is 7.76. The lowest BCUT2D eigenvalue weighted by Gasteiger charge is -2.17. The van der Waals surface area contributed by atoms with Crippen molar-refractivity contribution in [3.05, 3.63) is 65.5 Å². The van der Waals surface area contributed by atoms with Gasteiger partial charge in [0.1, 0.15) is 11.6 Å². The van der Waals surface area contributed by atoms with Crippen LogP contribution in [-0.4, -0.2) is 6.61 Å². The number of hydrogen-bond donors (Lipinski definition) is 2. The molecule has 0 spiro atoms. The van der Waals surface area contributed by atoms with Crippen LogP contribution in [0.5, 0.6) is 5.75 Å². The Morgan fingerprint density at radius 3 is 2.57 bits per heavy atom. The zero-order valence-corrected chi connectivity index (χ0v) is 12.2. The van der Waals surface area contributed by atoms with Gasteiger partial charge in [0.05, 0.1) is 6.61 Å². The zero-order chi connectivity index (χ0) is 15.1. The van der Waals surface area contributed by atoms with E-state index in [1.54, 1.807) is 6.07 Å². The van der Waals surface area contributed by atoms with E-state index in [2.05, 4.69) is 12.3 Å². The van der Waals surface area contributed by atoms with E-state index in [-0.39, 0.29) is 11.9 Å². The van der Waals surface area contributed by atoms with Crippen LogP contribution in [0.15, 0.2) is 48.5 Å². The minimum atomic E-state index is -0.230. The SMILES string of the molecule is CCCOc1ccc(C(Cc2cccc(F)c2)NN)cc1. The summed E-state index contributed by atoms with van der Waals surface area (Å²) in [5.74, 6) is 6.25. The molecule has 4 heteroatoms. The Kier molecular flexibility index (Phi) is 5.72. The van der Waals surface area contributed by atoms with Crippen LogP contribution in [-0.2, 0) is 6.42 Å². The van der Waals surface area contributed by atoms with Crippen LogP contribution in [0.1, 0.15) is 30.5 Å². The second-order valence-corrected chi connectivity index (χ2v) is 4.97. The predicted molar refractivity (Wildman–Crippen MR) is 82.4 cm³/mol. The maximum atomic E-state index is 13.2. The molecule has 0 aliphatic carbocycles. The Labute approximate surface area is 124 Å². The van der Waals surface area contributed by atoms with Crippen LogP contribution in [0.4, 0.5) is 4.39 Å². The van der Waals surface area contributed by atoms with E-state index in [0.29, 0.717) is 13.0 Å². The van der Waals surface area contributed by atoms with Crippen molar-refractivity contribution < 1.29 is 9.13 Å². The average molecular weight is 288 g/mol. The van der Waals surface area contributed by atoms with Gasteiger partial charge in [-0.3, -0.25) is 11.3 Å². The molecule has 0 amide bonds. The molecule has 0 fully saturated rings. The minimum Gasteiger partial charge on any atom is -0.494 e. The van der Waals surface area contributed by atoms with Crippen LogP contribution >= 0.6 is 0 Å². The van der Waals surface area contributed by atoms with Crippen molar-refractivity contribution in [1.29, 1.82) is 0 Å². The van der Waals surface area contributed by atoms with E-state index in [1.165, 1.54) is 12.1 Å². The fourth-order valence-electron chi connectivity index (χ4n) is 2.19. The molecule has 0 heterocycles. The fourth-order valence-corrected chi connectivity index (χ4v) is 2.19. The molecular formula is C17H21FN2O. The highest BCUT2D eigenvalue weighted by molar-refractivity contribution is 5.30. The molecule has 21 heavy (non-hydrogen) atoms. The summed E-state index contributed by atoms with van der Waals surface area (Å²) in [6, 6.07) is 14.3. The predicted octanol–water partition coefficient (Wildman–Crippen LogP) is 3.36. The van der Waals surface area contributed by atoms with Crippen molar-refractivity contribution in [2.45, 2.75) is 25.8 Å². The van der Waals surface area contributed by atoms with Gasteiger partial charge in [-0.15, -0.1) is 0 Å². The van der Waals surface area contributed by atoms with Gasteiger partial charge in [-0.1, -0.05) is 31.2 Å². The molecule has 0 radical (unpaired) electrons. The number of benzene rings is 2. The normalized spacial score (nSPS) is 12.1. The summed E-state index contributed by atoms with van der Waals surface area (Å²) in [6.07, 6.45) is 1.61. The lowest BCUT2D eigenvalue weighted by Crippen LogP contribution is -2.29. The maximum Gasteiger partial charge on any atom is 0.123 e. The van der Waals surface area contributed by atoms with Crippen molar-refractivity contribution in [2.24, 2.45) is 5.84 Å². The highest BCUT2D eigenvalue weighted by Gasteiger charge is 2.11. The molecule has 0 aliphatic heterocycles. The van der Waals surface area contributed by atoms with E-state index in [4.69, 9.17) is 10.6 Å². The first-order chi connectivity index (χ1) is 10.2. The van der Waals surface area contributed by atoms with Gasteiger partial charge in [0.2, 0.25) is 0 Å². The summed E-state index contributed by atoms with van der Waals surface area (Å²) in [5, 5.41) is 0. The topological polar surface area (TPSA) is 47.3 Å². The number of nitrogens with one attached hydrogen (secondary N) is 1. The number of halogens is 1. The van der Waals surface area contributed by atoms with Gasteiger partial charge >= 0.3 is 0 Å². The number of hydrazine groups is 1. The molecule has 0 bridgehead atoms. The van der Waals surface area contributed by atoms with Crippen molar-refractivity contribution in [3.8, 4) is 5.75 Å². The van der Waals surface area contributed by atoms with Gasteiger partial charge in [0.15, 0.2) is 0 Å². The molecule has 2 aromatic rings. The Morgan fingerprint density at radius 1 is 1.19 bits per heavy atom. The summed E-state index contributed by atoms with van der Waals surface area (Å²) in [5.41, 5.74) is 4.74.